The zero-order valence-electron chi connectivity index (χ0n) is 4.71. The molecule has 0 aromatic heterocycles. The summed E-state index contributed by atoms with van der Waals surface area (Å²) in [6.07, 6.45) is 3.73. The van der Waals surface area contributed by atoms with Crippen molar-refractivity contribution in [3.8, 4) is 0 Å². The molecule has 0 rings (SSSR count). The minimum atomic E-state index is 0. The Hall–Kier alpha value is 0.782. The molecule has 0 bridgehead atoms. The zero-order chi connectivity index (χ0) is 4.83. The number of rotatable bonds is 3. The number of unbranched alkanes of at least 4 members (excludes halogenated alkanes) is 2. The minimum absolute atomic E-state index is 0. The van der Waals surface area contributed by atoms with Crippen LogP contribution in [0.2, 0.25) is 0 Å². The maximum atomic E-state index is 5.38. The molecule has 0 heterocycles. The van der Waals surface area contributed by atoms with E-state index < -0.39 is 0 Å². The van der Waals surface area contributed by atoms with Gasteiger partial charge in [-0.3, -0.25) is 0 Å². The second kappa shape index (κ2) is 15.7. The van der Waals surface area contributed by atoms with Gasteiger partial charge in [-0.15, -0.1) is 11.6 Å². The molecule has 52 valence electrons. The normalized spacial score (nSPS) is 6.75. The van der Waals surface area contributed by atoms with E-state index in [0.29, 0.717) is 0 Å². The maximum Gasteiger partial charge on any atom is 0.187 e. The van der Waals surface area contributed by atoms with E-state index >= 15 is 0 Å². The van der Waals surface area contributed by atoms with Gasteiger partial charge in [-0.25, -0.2) is 0 Å². The van der Waals surface area contributed by atoms with Crippen LogP contribution in [0, 0.1) is 0 Å². The largest absolute Gasteiger partial charge is 0.412 e. The summed E-state index contributed by atoms with van der Waals surface area (Å²) >= 11 is 5.38. The second-order valence-corrected chi connectivity index (χ2v) is 1.77. The van der Waals surface area contributed by atoms with Crippen LogP contribution in [-0.4, -0.2) is 28.7 Å². The Morgan fingerprint density at radius 1 is 1.25 bits per heavy atom. The lowest BCUT2D eigenvalue weighted by Crippen LogP contribution is -1.70. The van der Waals surface area contributed by atoms with Gasteiger partial charge in [-0.2, -0.15) is 0 Å². The van der Waals surface area contributed by atoms with Crippen LogP contribution in [0.1, 0.15) is 26.2 Å². The molecule has 2 N–H and O–H groups in total. The van der Waals surface area contributed by atoms with E-state index in [2.05, 4.69) is 6.92 Å². The predicted molar refractivity (Wildman–Crippen MR) is 43.8 cm³/mol. The molecule has 0 aromatic carbocycles. The fraction of sp³-hybridized carbons (Fsp3) is 1.00. The van der Waals surface area contributed by atoms with Crippen LogP contribution in [0.5, 0.6) is 0 Å². The first kappa shape index (κ1) is 15.9. The summed E-state index contributed by atoms with van der Waals surface area (Å²) < 4.78 is 0. The molecule has 0 amide bonds. The molecule has 0 atom stereocenters. The topological polar surface area (TPSA) is 31.5 Å². The Morgan fingerprint density at radius 3 is 1.88 bits per heavy atom. The first-order valence-corrected chi connectivity index (χ1v) is 3.01. The van der Waals surface area contributed by atoms with Crippen LogP contribution >= 0.6 is 11.6 Å². The molecule has 0 spiro atoms. The number of alkyl halides is 1. The van der Waals surface area contributed by atoms with Gasteiger partial charge in [0.25, 0.3) is 0 Å². The van der Waals surface area contributed by atoms with E-state index in [1.54, 1.807) is 0 Å². The van der Waals surface area contributed by atoms with Gasteiger partial charge in [0.2, 0.25) is 0 Å². The van der Waals surface area contributed by atoms with E-state index in [-0.39, 0.29) is 22.8 Å². The average molecular weight is 155 g/mol. The van der Waals surface area contributed by atoms with Crippen molar-refractivity contribution in [2.45, 2.75) is 26.2 Å². The van der Waals surface area contributed by atoms with E-state index in [1.807, 2.05) is 0 Å². The Bertz CT molecular complexity index is 24.4. The van der Waals surface area contributed by atoms with Gasteiger partial charge in [0.1, 0.15) is 0 Å². The van der Waals surface area contributed by atoms with Gasteiger partial charge < -0.3 is 5.48 Å². The minimum Gasteiger partial charge on any atom is -0.412 e. The molecule has 0 aliphatic rings. The number of hydrogen-bond acceptors (Lipinski definition) is 0. The fourth-order valence-electron chi connectivity index (χ4n) is 0.344. The van der Waals surface area contributed by atoms with Gasteiger partial charge in [0, 0.05) is 5.88 Å². The molecular formula is C5H16AlClO. The number of halogens is 1. The molecule has 3 heteroatoms. The third-order valence-corrected chi connectivity index (χ3v) is 1.00. The summed E-state index contributed by atoms with van der Waals surface area (Å²) in [5, 5.41) is 0. The predicted octanol–water partition coefficient (Wildman–Crippen LogP) is 0.407. The van der Waals surface area contributed by atoms with Crippen LogP contribution in [0.15, 0.2) is 0 Å². The molecule has 0 aromatic rings. The summed E-state index contributed by atoms with van der Waals surface area (Å²) in [5.74, 6) is 0.827. The molecule has 0 saturated carbocycles. The quantitative estimate of drug-likeness (QED) is 0.320. The summed E-state index contributed by atoms with van der Waals surface area (Å²) in [7, 11) is 0. The van der Waals surface area contributed by atoms with Gasteiger partial charge in [0.05, 0.1) is 0 Å². The van der Waals surface area contributed by atoms with Gasteiger partial charge in [-0.05, 0) is 6.42 Å². The van der Waals surface area contributed by atoms with E-state index in [1.165, 1.54) is 19.3 Å². The van der Waals surface area contributed by atoms with Crippen molar-refractivity contribution in [2.24, 2.45) is 0 Å². The Labute approximate surface area is 66.9 Å². The van der Waals surface area contributed by atoms with Gasteiger partial charge in [-0.1, -0.05) is 19.8 Å². The molecule has 0 unspecified atom stereocenters. The first-order chi connectivity index (χ1) is 2.91. The smallest absolute Gasteiger partial charge is 0.187 e. The molecule has 1 nitrogen and oxygen atoms in total. The lowest BCUT2D eigenvalue weighted by Gasteiger charge is -1.84. The highest BCUT2D eigenvalue weighted by atomic mass is 35.5. The van der Waals surface area contributed by atoms with Crippen molar-refractivity contribution < 1.29 is 5.48 Å². The molecule has 8 heavy (non-hydrogen) atoms. The van der Waals surface area contributed by atoms with Crippen LogP contribution in [-0.2, 0) is 0 Å². The van der Waals surface area contributed by atoms with Crippen molar-refractivity contribution in [3.05, 3.63) is 0 Å². The Balaban J connectivity index is -0.000000125. The summed E-state index contributed by atoms with van der Waals surface area (Å²) in [5.41, 5.74) is 0. The fourth-order valence-corrected chi connectivity index (χ4v) is 0.533. The number of hydrogen-bond donors (Lipinski definition) is 0. The summed E-state index contributed by atoms with van der Waals surface area (Å²) in [4.78, 5) is 0. The Kier molecular flexibility index (Phi) is 31.1. The van der Waals surface area contributed by atoms with Crippen molar-refractivity contribution in [1.29, 1.82) is 0 Å². The van der Waals surface area contributed by atoms with Crippen molar-refractivity contribution in [3.63, 3.8) is 0 Å². The standard InChI is InChI=1S/C5H11Cl.Al.H2O.3H/c1-2-3-4-5-6;;;;;/h2-5H2,1H3;;1H2;;;. The van der Waals surface area contributed by atoms with Crippen molar-refractivity contribution in [1.82, 2.24) is 0 Å². The van der Waals surface area contributed by atoms with Gasteiger partial charge in [0.15, 0.2) is 17.4 Å². The molecular weight excluding hydrogens is 138 g/mol. The molecule has 0 aliphatic heterocycles. The first-order valence-electron chi connectivity index (χ1n) is 2.47. The maximum absolute atomic E-state index is 5.38. The van der Waals surface area contributed by atoms with Gasteiger partial charge >= 0.3 is 0 Å². The molecule has 0 fully saturated rings. The molecule has 0 radical (unpaired) electrons. The summed E-state index contributed by atoms with van der Waals surface area (Å²) in [6, 6.07) is 0. The lowest BCUT2D eigenvalue weighted by molar-refractivity contribution is 0.776. The monoisotopic (exact) mass is 154 g/mol. The van der Waals surface area contributed by atoms with Crippen LogP contribution < -0.4 is 0 Å². The van der Waals surface area contributed by atoms with Crippen LogP contribution in [0.4, 0.5) is 0 Å². The second-order valence-electron chi connectivity index (χ2n) is 1.40. The molecule has 0 saturated heterocycles. The third kappa shape index (κ3) is 15.9. The van der Waals surface area contributed by atoms with E-state index in [0.717, 1.165) is 5.88 Å². The average Bonchev–Trinajstić information content (AvgIpc) is 1.61. The zero-order valence-corrected chi connectivity index (χ0v) is 5.46. The third-order valence-electron chi connectivity index (χ3n) is 0.737. The SMILES string of the molecule is CCCCCCl.O.[AlH3]. The highest BCUT2D eigenvalue weighted by Crippen LogP contribution is 1.93. The van der Waals surface area contributed by atoms with Crippen molar-refractivity contribution in [2.75, 3.05) is 5.88 Å². The van der Waals surface area contributed by atoms with E-state index in [4.69, 9.17) is 11.6 Å². The van der Waals surface area contributed by atoms with Crippen molar-refractivity contribution >= 4 is 29.0 Å². The highest BCUT2D eigenvalue weighted by molar-refractivity contribution is 6.17. The van der Waals surface area contributed by atoms with Crippen LogP contribution in [0.25, 0.3) is 0 Å². The Morgan fingerprint density at radius 2 is 1.75 bits per heavy atom. The van der Waals surface area contributed by atoms with Crippen LogP contribution in [0.3, 0.4) is 0 Å². The molecule has 0 aliphatic carbocycles. The van der Waals surface area contributed by atoms with E-state index in [9.17, 15) is 0 Å². The highest BCUT2D eigenvalue weighted by Gasteiger charge is 1.76. The summed E-state index contributed by atoms with van der Waals surface area (Å²) in [6.45, 7) is 2.17. The lowest BCUT2D eigenvalue weighted by atomic mass is 10.3.